The highest BCUT2D eigenvalue weighted by Gasteiger charge is 2.23. The van der Waals surface area contributed by atoms with Gasteiger partial charge in [0.2, 0.25) is 0 Å². The van der Waals surface area contributed by atoms with Crippen molar-refractivity contribution in [2.75, 3.05) is 14.2 Å². The van der Waals surface area contributed by atoms with Gasteiger partial charge in [0.25, 0.3) is 5.69 Å². The van der Waals surface area contributed by atoms with Crippen LogP contribution in [0.2, 0.25) is 0 Å². The molecule has 0 radical (unpaired) electrons. The molecule has 0 unspecified atom stereocenters. The van der Waals surface area contributed by atoms with Crippen LogP contribution in [-0.2, 0) is 9.47 Å². The number of carbonyl (C=O) groups is 2. The van der Waals surface area contributed by atoms with Crippen molar-refractivity contribution < 1.29 is 24.0 Å². The van der Waals surface area contributed by atoms with Crippen LogP contribution in [0, 0.1) is 17.0 Å². The summed E-state index contributed by atoms with van der Waals surface area (Å²) in [6.45, 7) is 1.66. The molecule has 0 saturated heterocycles. The second-order valence-electron chi connectivity index (χ2n) is 4.98. The standard InChI is InChI=1S/C17H15NO6S/c1-10-8-11(16(19)23-2)9-13(18(21)22)15(10)25-14-7-5-4-6-12(14)17(20)24-3/h4-9H,1-3H3. The predicted molar refractivity (Wildman–Crippen MR) is 91.1 cm³/mol. The highest BCUT2D eigenvalue weighted by Crippen LogP contribution is 2.39. The lowest BCUT2D eigenvalue weighted by molar-refractivity contribution is -0.387. The van der Waals surface area contributed by atoms with Crippen molar-refractivity contribution in [1.29, 1.82) is 0 Å². The zero-order valence-corrected chi connectivity index (χ0v) is 14.6. The molecular formula is C17H15NO6S. The molecule has 0 fully saturated rings. The minimum atomic E-state index is -0.655. The molecule has 7 nitrogen and oxygen atoms in total. The molecule has 0 saturated carbocycles. The summed E-state index contributed by atoms with van der Waals surface area (Å²) < 4.78 is 9.36. The normalized spacial score (nSPS) is 10.2. The number of ether oxygens (including phenoxy) is 2. The second kappa shape index (κ2) is 7.80. The van der Waals surface area contributed by atoms with E-state index in [0.29, 0.717) is 20.9 Å². The van der Waals surface area contributed by atoms with Crippen molar-refractivity contribution in [2.45, 2.75) is 16.7 Å². The minimum absolute atomic E-state index is 0.0947. The highest BCUT2D eigenvalue weighted by atomic mass is 32.2. The van der Waals surface area contributed by atoms with E-state index in [2.05, 4.69) is 4.74 Å². The number of methoxy groups -OCH3 is 2. The first-order valence-corrected chi connectivity index (χ1v) is 7.93. The molecule has 2 aromatic rings. The lowest BCUT2D eigenvalue weighted by Crippen LogP contribution is -2.05. The maximum Gasteiger partial charge on any atom is 0.339 e. The molecule has 8 heteroatoms. The molecule has 0 aliphatic carbocycles. The van der Waals surface area contributed by atoms with E-state index in [9.17, 15) is 19.7 Å². The maximum absolute atomic E-state index is 11.9. The van der Waals surface area contributed by atoms with Gasteiger partial charge in [-0.25, -0.2) is 9.59 Å². The first kappa shape index (κ1) is 18.5. The predicted octanol–water partition coefficient (Wildman–Crippen LogP) is 3.63. The number of nitro benzene ring substituents is 1. The van der Waals surface area contributed by atoms with Gasteiger partial charge < -0.3 is 9.47 Å². The zero-order valence-electron chi connectivity index (χ0n) is 13.8. The smallest absolute Gasteiger partial charge is 0.339 e. The number of hydrogen-bond donors (Lipinski definition) is 0. The number of carbonyl (C=O) groups excluding carboxylic acids is 2. The number of benzene rings is 2. The summed E-state index contributed by atoms with van der Waals surface area (Å²) in [4.78, 5) is 35.3. The Morgan fingerprint density at radius 3 is 2.32 bits per heavy atom. The average Bonchev–Trinajstić information content (AvgIpc) is 2.61. The van der Waals surface area contributed by atoms with Crippen LogP contribution in [0.1, 0.15) is 26.3 Å². The third-order valence-corrected chi connectivity index (χ3v) is 4.69. The van der Waals surface area contributed by atoms with Crippen LogP contribution in [0.15, 0.2) is 46.2 Å². The van der Waals surface area contributed by atoms with E-state index < -0.39 is 16.9 Å². The number of rotatable bonds is 5. The van der Waals surface area contributed by atoms with Gasteiger partial charge in [0, 0.05) is 11.0 Å². The molecule has 0 atom stereocenters. The van der Waals surface area contributed by atoms with Crippen molar-refractivity contribution in [3.05, 3.63) is 63.2 Å². The molecule has 25 heavy (non-hydrogen) atoms. The summed E-state index contributed by atoms with van der Waals surface area (Å²) in [5, 5.41) is 11.5. The van der Waals surface area contributed by atoms with Crippen molar-refractivity contribution in [1.82, 2.24) is 0 Å². The zero-order chi connectivity index (χ0) is 18.6. The van der Waals surface area contributed by atoms with E-state index >= 15 is 0 Å². The van der Waals surface area contributed by atoms with Gasteiger partial charge >= 0.3 is 11.9 Å². The largest absolute Gasteiger partial charge is 0.465 e. The Bertz CT molecular complexity index is 849. The van der Waals surface area contributed by atoms with Crippen LogP contribution < -0.4 is 0 Å². The van der Waals surface area contributed by atoms with Gasteiger partial charge in [0.05, 0.1) is 35.2 Å². The lowest BCUT2D eigenvalue weighted by atomic mass is 10.1. The number of esters is 2. The summed E-state index contributed by atoms with van der Waals surface area (Å²) in [5.41, 5.74) is 0.697. The van der Waals surface area contributed by atoms with E-state index in [4.69, 9.17) is 4.74 Å². The van der Waals surface area contributed by atoms with E-state index in [1.807, 2.05) is 0 Å². The lowest BCUT2D eigenvalue weighted by Gasteiger charge is -2.11. The quantitative estimate of drug-likeness (QED) is 0.456. The fraction of sp³-hybridized carbons (Fsp3) is 0.176. The van der Waals surface area contributed by atoms with Gasteiger partial charge in [-0.05, 0) is 30.7 Å². The Labute approximate surface area is 148 Å². The fourth-order valence-corrected chi connectivity index (χ4v) is 3.29. The molecule has 2 aromatic carbocycles. The summed E-state index contributed by atoms with van der Waals surface area (Å²) in [7, 11) is 2.47. The number of nitrogens with zero attached hydrogens (tertiary/aromatic N) is 1. The third-order valence-electron chi connectivity index (χ3n) is 3.38. The van der Waals surface area contributed by atoms with Crippen molar-refractivity contribution in [2.24, 2.45) is 0 Å². The Hall–Kier alpha value is -2.87. The molecule has 0 spiro atoms. The van der Waals surface area contributed by atoms with Gasteiger partial charge in [0.15, 0.2) is 0 Å². The van der Waals surface area contributed by atoms with E-state index in [1.165, 1.54) is 26.4 Å². The monoisotopic (exact) mass is 361 g/mol. The number of aryl methyl sites for hydroxylation is 1. The summed E-state index contributed by atoms with van der Waals surface area (Å²) in [6, 6.07) is 9.34. The van der Waals surface area contributed by atoms with Gasteiger partial charge in [0.1, 0.15) is 0 Å². The first-order chi connectivity index (χ1) is 11.9. The van der Waals surface area contributed by atoms with Gasteiger partial charge in [-0.15, -0.1) is 0 Å². The Morgan fingerprint density at radius 2 is 1.72 bits per heavy atom. The summed E-state index contributed by atoms with van der Waals surface area (Å²) in [5.74, 6) is -1.19. The molecule has 0 aromatic heterocycles. The molecule has 0 heterocycles. The minimum Gasteiger partial charge on any atom is -0.465 e. The van der Waals surface area contributed by atoms with Gasteiger partial charge in [-0.1, -0.05) is 23.9 Å². The summed E-state index contributed by atoms with van der Waals surface area (Å²) in [6.07, 6.45) is 0. The van der Waals surface area contributed by atoms with Crippen LogP contribution in [-0.4, -0.2) is 31.1 Å². The summed E-state index contributed by atoms with van der Waals surface area (Å²) >= 11 is 1.07. The van der Waals surface area contributed by atoms with Crippen LogP contribution in [0.4, 0.5) is 5.69 Å². The Balaban J connectivity index is 2.56. The van der Waals surface area contributed by atoms with Crippen molar-refractivity contribution in [3.63, 3.8) is 0 Å². The number of hydrogen-bond acceptors (Lipinski definition) is 7. The van der Waals surface area contributed by atoms with E-state index in [-0.39, 0.29) is 11.3 Å². The Kier molecular flexibility index (Phi) is 5.76. The van der Waals surface area contributed by atoms with Gasteiger partial charge in [-0.3, -0.25) is 10.1 Å². The fourth-order valence-electron chi connectivity index (χ4n) is 2.20. The molecule has 0 N–H and O–H groups in total. The third kappa shape index (κ3) is 3.97. The van der Waals surface area contributed by atoms with Gasteiger partial charge in [-0.2, -0.15) is 0 Å². The molecule has 0 aliphatic heterocycles. The average molecular weight is 361 g/mol. The molecular weight excluding hydrogens is 346 g/mol. The van der Waals surface area contributed by atoms with Crippen LogP contribution >= 0.6 is 11.8 Å². The SMILES string of the molecule is COC(=O)c1cc(C)c(Sc2ccccc2C(=O)OC)c([N+](=O)[O-])c1. The Morgan fingerprint density at radius 1 is 1.08 bits per heavy atom. The first-order valence-electron chi connectivity index (χ1n) is 7.11. The van der Waals surface area contributed by atoms with Crippen molar-refractivity contribution >= 4 is 29.4 Å². The van der Waals surface area contributed by atoms with Crippen LogP contribution in [0.3, 0.4) is 0 Å². The molecule has 0 aliphatic rings. The topological polar surface area (TPSA) is 95.7 Å². The molecule has 0 bridgehead atoms. The molecule has 0 amide bonds. The molecule has 130 valence electrons. The van der Waals surface area contributed by atoms with Crippen LogP contribution in [0.25, 0.3) is 0 Å². The van der Waals surface area contributed by atoms with Crippen LogP contribution in [0.5, 0.6) is 0 Å². The maximum atomic E-state index is 11.9. The second-order valence-corrected chi connectivity index (χ2v) is 6.03. The number of nitro groups is 1. The van der Waals surface area contributed by atoms with E-state index in [1.54, 1.807) is 31.2 Å². The van der Waals surface area contributed by atoms with Crippen molar-refractivity contribution in [3.8, 4) is 0 Å². The molecule has 2 rings (SSSR count). The highest BCUT2D eigenvalue weighted by molar-refractivity contribution is 7.99. The van der Waals surface area contributed by atoms with E-state index in [0.717, 1.165) is 11.8 Å².